The van der Waals surface area contributed by atoms with E-state index >= 15 is 0 Å². The maximum atomic E-state index is 12.0. The smallest absolute Gasteiger partial charge is 0.230 e. The Balaban J connectivity index is 1.44. The van der Waals surface area contributed by atoms with Crippen LogP contribution in [0.25, 0.3) is 0 Å². The number of nitrogens with one attached hydrogen (secondary N) is 1. The fourth-order valence-corrected chi connectivity index (χ4v) is 4.59. The van der Waals surface area contributed by atoms with E-state index in [0.717, 1.165) is 16.7 Å². The van der Waals surface area contributed by atoms with E-state index in [1.807, 2.05) is 12.1 Å². The third-order valence-corrected chi connectivity index (χ3v) is 5.86. The summed E-state index contributed by atoms with van der Waals surface area (Å²) in [5.74, 6) is 3.17. The first-order chi connectivity index (χ1) is 9.72. The van der Waals surface area contributed by atoms with Gasteiger partial charge in [-0.3, -0.25) is 9.78 Å². The molecule has 0 aromatic carbocycles. The van der Waals surface area contributed by atoms with E-state index < -0.39 is 0 Å². The van der Waals surface area contributed by atoms with Crippen molar-refractivity contribution < 1.29 is 4.79 Å². The van der Waals surface area contributed by atoms with Crippen molar-refractivity contribution in [2.24, 2.45) is 17.8 Å². The fourth-order valence-electron chi connectivity index (χ4n) is 3.89. The molecule has 2 aliphatic rings. The molecule has 0 radical (unpaired) electrons. The van der Waals surface area contributed by atoms with Crippen LogP contribution in [0.1, 0.15) is 32.6 Å². The predicted molar refractivity (Wildman–Crippen MR) is 81.5 cm³/mol. The molecule has 20 heavy (non-hydrogen) atoms. The van der Waals surface area contributed by atoms with Crippen LogP contribution < -0.4 is 5.32 Å². The Bertz CT molecular complexity index is 465. The van der Waals surface area contributed by atoms with E-state index in [-0.39, 0.29) is 5.91 Å². The lowest BCUT2D eigenvalue weighted by molar-refractivity contribution is -0.119. The van der Waals surface area contributed by atoms with Gasteiger partial charge >= 0.3 is 0 Å². The molecule has 1 amide bonds. The molecule has 108 valence electrons. The van der Waals surface area contributed by atoms with Gasteiger partial charge in [-0.25, -0.2) is 0 Å². The fraction of sp³-hybridized carbons (Fsp3) is 0.625. The van der Waals surface area contributed by atoms with Crippen molar-refractivity contribution in [3.05, 3.63) is 24.5 Å². The Morgan fingerprint density at radius 3 is 2.85 bits per heavy atom. The molecule has 3 rings (SSSR count). The minimum atomic E-state index is 0.155. The molecule has 2 bridgehead atoms. The van der Waals surface area contributed by atoms with Crippen LogP contribution in [0.15, 0.2) is 29.4 Å². The van der Waals surface area contributed by atoms with Gasteiger partial charge in [0.2, 0.25) is 5.91 Å². The molecule has 2 aliphatic carbocycles. The second-order valence-corrected chi connectivity index (χ2v) is 7.22. The van der Waals surface area contributed by atoms with Crippen LogP contribution in [0, 0.1) is 17.8 Å². The van der Waals surface area contributed by atoms with Crippen molar-refractivity contribution in [3.8, 4) is 0 Å². The Kier molecular flexibility index (Phi) is 4.29. The van der Waals surface area contributed by atoms with E-state index in [1.54, 1.807) is 24.2 Å². The maximum Gasteiger partial charge on any atom is 0.230 e. The molecule has 4 unspecified atom stereocenters. The average molecular weight is 290 g/mol. The number of amides is 1. The average Bonchev–Trinajstić information content (AvgIpc) is 3.09. The molecule has 3 nitrogen and oxygen atoms in total. The summed E-state index contributed by atoms with van der Waals surface area (Å²) in [5, 5.41) is 3.20. The molecule has 1 aromatic rings. The first kappa shape index (κ1) is 13.9. The number of carbonyl (C=O) groups is 1. The summed E-state index contributed by atoms with van der Waals surface area (Å²) >= 11 is 1.58. The first-order valence-corrected chi connectivity index (χ1v) is 8.53. The van der Waals surface area contributed by atoms with Crippen LogP contribution in [-0.4, -0.2) is 22.7 Å². The zero-order valence-electron chi connectivity index (χ0n) is 11.9. The summed E-state index contributed by atoms with van der Waals surface area (Å²) in [7, 11) is 0. The zero-order valence-corrected chi connectivity index (χ0v) is 12.7. The van der Waals surface area contributed by atoms with Gasteiger partial charge in [-0.1, -0.05) is 6.42 Å². The van der Waals surface area contributed by atoms with Crippen LogP contribution >= 0.6 is 11.8 Å². The molecule has 0 aliphatic heterocycles. The van der Waals surface area contributed by atoms with E-state index in [4.69, 9.17) is 0 Å². The van der Waals surface area contributed by atoms with Crippen molar-refractivity contribution >= 4 is 17.7 Å². The third-order valence-electron chi connectivity index (χ3n) is 4.84. The first-order valence-electron chi connectivity index (χ1n) is 7.54. The standard InChI is InChI=1S/C16H22N2OS/c1-11(15-9-12-2-3-13(15)8-12)18-16(19)10-20-14-4-6-17-7-5-14/h4-7,11-13,15H,2-3,8-10H2,1H3,(H,18,19). The normalized spacial score (nSPS) is 29.4. The predicted octanol–water partition coefficient (Wildman–Crippen LogP) is 3.11. The summed E-state index contributed by atoms with van der Waals surface area (Å²) in [4.78, 5) is 17.1. The lowest BCUT2D eigenvalue weighted by atomic mass is 9.84. The van der Waals surface area contributed by atoms with E-state index in [9.17, 15) is 4.79 Å². The molecule has 4 heteroatoms. The Morgan fingerprint density at radius 1 is 1.40 bits per heavy atom. The lowest BCUT2D eigenvalue weighted by Crippen LogP contribution is -2.40. The molecule has 0 saturated heterocycles. The zero-order chi connectivity index (χ0) is 13.9. The summed E-state index contributed by atoms with van der Waals surface area (Å²) in [5.41, 5.74) is 0. The summed E-state index contributed by atoms with van der Waals surface area (Å²) in [6.07, 6.45) is 9.04. The number of rotatable bonds is 5. The number of fused-ring (bicyclic) bond motifs is 2. The molecule has 1 aromatic heterocycles. The van der Waals surface area contributed by atoms with Gasteiger partial charge in [0.1, 0.15) is 0 Å². The third kappa shape index (κ3) is 3.17. The molecular formula is C16H22N2OS. The highest BCUT2D eigenvalue weighted by Crippen LogP contribution is 2.49. The number of hydrogen-bond donors (Lipinski definition) is 1. The lowest BCUT2D eigenvalue weighted by Gasteiger charge is -2.28. The van der Waals surface area contributed by atoms with Gasteiger partial charge in [-0.2, -0.15) is 0 Å². The number of nitrogens with zero attached hydrogens (tertiary/aromatic N) is 1. The largest absolute Gasteiger partial charge is 0.353 e. The summed E-state index contributed by atoms with van der Waals surface area (Å²) in [6, 6.07) is 4.21. The minimum absolute atomic E-state index is 0.155. The van der Waals surface area contributed by atoms with Gasteiger partial charge in [-0.05, 0) is 56.1 Å². The topological polar surface area (TPSA) is 42.0 Å². The van der Waals surface area contributed by atoms with Gasteiger partial charge in [-0.15, -0.1) is 11.8 Å². The highest BCUT2D eigenvalue weighted by atomic mass is 32.2. The van der Waals surface area contributed by atoms with Gasteiger partial charge in [0.05, 0.1) is 5.75 Å². The Hall–Kier alpha value is -1.03. The van der Waals surface area contributed by atoms with Gasteiger partial charge < -0.3 is 5.32 Å². The van der Waals surface area contributed by atoms with Crippen molar-refractivity contribution in [2.75, 3.05) is 5.75 Å². The molecule has 0 spiro atoms. The van der Waals surface area contributed by atoms with E-state index in [0.29, 0.717) is 17.7 Å². The van der Waals surface area contributed by atoms with Gasteiger partial charge in [0.15, 0.2) is 0 Å². The summed E-state index contributed by atoms with van der Waals surface area (Å²) in [6.45, 7) is 2.18. The Labute approximate surface area is 124 Å². The van der Waals surface area contributed by atoms with Crippen molar-refractivity contribution in [1.29, 1.82) is 0 Å². The Morgan fingerprint density at radius 2 is 2.20 bits per heavy atom. The van der Waals surface area contributed by atoms with Crippen molar-refractivity contribution in [1.82, 2.24) is 10.3 Å². The summed E-state index contributed by atoms with van der Waals surface area (Å²) < 4.78 is 0. The highest BCUT2D eigenvalue weighted by molar-refractivity contribution is 8.00. The van der Waals surface area contributed by atoms with Crippen LogP contribution in [0.2, 0.25) is 0 Å². The quantitative estimate of drug-likeness (QED) is 0.847. The van der Waals surface area contributed by atoms with Crippen LogP contribution in [0.5, 0.6) is 0 Å². The van der Waals surface area contributed by atoms with Gasteiger partial charge in [0.25, 0.3) is 0 Å². The van der Waals surface area contributed by atoms with Crippen molar-refractivity contribution in [3.63, 3.8) is 0 Å². The molecule has 1 heterocycles. The highest BCUT2D eigenvalue weighted by Gasteiger charge is 2.42. The minimum Gasteiger partial charge on any atom is -0.353 e. The number of hydrogen-bond acceptors (Lipinski definition) is 3. The molecule has 4 atom stereocenters. The molecule has 1 N–H and O–H groups in total. The monoisotopic (exact) mass is 290 g/mol. The number of thioether (sulfide) groups is 1. The molecule has 2 saturated carbocycles. The van der Waals surface area contributed by atoms with Crippen LogP contribution in [0.3, 0.4) is 0 Å². The van der Waals surface area contributed by atoms with Crippen LogP contribution in [-0.2, 0) is 4.79 Å². The molecular weight excluding hydrogens is 268 g/mol. The maximum absolute atomic E-state index is 12.0. The van der Waals surface area contributed by atoms with Gasteiger partial charge in [0, 0.05) is 23.3 Å². The van der Waals surface area contributed by atoms with Crippen molar-refractivity contribution in [2.45, 2.75) is 43.5 Å². The number of aromatic nitrogens is 1. The number of pyridine rings is 1. The number of carbonyl (C=O) groups excluding carboxylic acids is 1. The van der Waals surface area contributed by atoms with Crippen LogP contribution in [0.4, 0.5) is 0 Å². The second kappa shape index (κ2) is 6.17. The molecule has 2 fully saturated rings. The SMILES string of the molecule is CC(NC(=O)CSc1ccncc1)C1CC2CCC1C2. The second-order valence-electron chi connectivity index (χ2n) is 6.17. The van der Waals surface area contributed by atoms with E-state index in [1.165, 1.54) is 25.7 Å². The van der Waals surface area contributed by atoms with E-state index in [2.05, 4.69) is 17.2 Å².